The molecule has 5 heteroatoms. The van der Waals surface area contributed by atoms with Crippen LogP contribution in [0.25, 0.3) is 0 Å². The molecule has 5 nitrogen and oxygen atoms in total. The van der Waals surface area contributed by atoms with E-state index in [2.05, 4.69) is 0 Å². The molecule has 0 unspecified atom stereocenters. The van der Waals surface area contributed by atoms with Gasteiger partial charge in [0.2, 0.25) is 0 Å². The SMILES string of the molecule is Cc1ccc(COc2cc(C=O)ccc2[N+](=O)[O-])cc1. The molecule has 20 heavy (non-hydrogen) atoms. The van der Waals surface area contributed by atoms with Gasteiger partial charge >= 0.3 is 5.69 Å². The maximum Gasteiger partial charge on any atom is 0.310 e. The van der Waals surface area contributed by atoms with Gasteiger partial charge in [0.15, 0.2) is 5.75 Å². The van der Waals surface area contributed by atoms with Crippen molar-refractivity contribution in [1.29, 1.82) is 0 Å². The Hall–Kier alpha value is -2.69. The monoisotopic (exact) mass is 271 g/mol. The van der Waals surface area contributed by atoms with Crippen molar-refractivity contribution in [3.05, 3.63) is 69.3 Å². The van der Waals surface area contributed by atoms with Crippen LogP contribution < -0.4 is 4.74 Å². The number of nitro groups is 1. The molecule has 0 aliphatic rings. The second-order valence-corrected chi connectivity index (χ2v) is 4.38. The first-order chi connectivity index (χ1) is 9.60. The number of nitro benzene ring substituents is 1. The topological polar surface area (TPSA) is 69.4 Å². The van der Waals surface area contributed by atoms with Crippen molar-refractivity contribution in [3.63, 3.8) is 0 Å². The lowest BCUT2D eigenvalue weighted by molar-refractivity contribution is -0.385. The first-order valence-corrected chi connectivity index (χ1v) is 6.02. The molecule has 0 saturated carbocycles. The van der Waals surface area contributed by atoms with Crippen molar-refractivity contribution in [1.82, 2.24) is 0 Å². The van der Waals surface area contributed by atoms with Gasteiger partial charge in [-0.05, 0) is 24.6 Å². The fourth-order valence-corrected chi connectivity index (χ4v) is 1.72. The minimum absolute atomic E-state index is 0.0974. The fourth-order valence-electron chi connectivity index (χ4n) is 1.72. The minimum Gasteiger partial charge on any atom is -0.482 e. The Morgan fingerprint density at radius 3 is 2.50 bits per heavy atom. The summed E-state index contributed by atoms with van der Waals surface area (Å²) in [4.78, 5) is 21.1. The van der Waals surface area contributed by atoms with Crippen LogP contribution in [-0.4, -0.2) is 11.2 Å². The van der Waals surface area contributed by atoms with Crippen molar-refractivity contribution >= 4 is 12.0 Å². The van der Waals surface area contributed by atoms with E-state index in [1.807, 2.05) is 31.2 Å². The number of ether oxygens (including phenoxy) is 1. The number of rotatable bonds is 5. The summed E-state index contributed by atoms with van der Waals surface area (Å²) in [7, 11) is 0. The summed E-state index contributed by atoms with van der Waals surface area (Å²) in [6.07, 6.45) is 0.627. The number of carbonyl (C=O) groups excluding carboxylic acids is 1. The number of aryl methyl sites for hydroxylation is 1. The van der Waals surface area contributed by atoms with Crippen molar-refractivity contribution in [2.75, 3.05) is 0 Å². The Bertz CT molecular complexity index is 635. The normalized spacial score (nSPS) is 10.1. The van der Waals surface area contributed by atoms with Crippen LogP contribution in [0, 0.1) is 17.0 Å². The lowest BCUT2D eigenvalue weighted by atomic mass is 10.1. The Balaban J connectivity index is 2.20. The zero-order chi connectivity index (χ0) is 14.5. The van der Waals surface area contributed by atoms with Gasteiger partial charge in [0, 0.05) is 11.6 Å². The van der Waals surface area contributed by atoms with E-state index >= 15 is 0 Å². The summed E-state index contributed by atoms with van der Waals surface area (Å²) < 4.78 is 5.47. The lowest BCUT2D eigenvalue weighted by Crippen LogP contribution is -2.00. The van der Waals surface area contributed by atoms with Crippen molar-refractivity contribution in [2.24, 2.45) is 0 Å². The van der Waals surface area contributed by atoms with E-state index in [1.54, 1.807) is 0 Å². The summed E-state index contributed by atoms with van der Waals surface area (Å²) in [5.74, 6) is 0.0974. The van der Waals surface area contributed by atoms with Crippen LogP contribution >= 0.6 is 0 Å². The summed E-state index contributed by atoms with van der Waals surface area (Å²) in [5.41, 5.74) is 2.22. The molecule has 2 aromatic carbocycles. The van der Waals surface area contributed by atoms with E-state index in [9.17, 15) is 14.9 Å². The molecule has 0 saturated heterocycles. The third-order valence-corrected chi connectivity index (χ3v) is 2.83. The first kappa shape index (κ1) is 13.7. The van der Waals surface area contributed by atoms with Gasteiger partial charge < -0.3 is 4.74 Å². The quantitative estimate of drug-likeness (QED) is 0.475. The van der Waals surface area contributed by atoms with Crippen LogP contribution in [0.2, 0.25) is 0 Å². The molecule has 0 atom stereocenters. The average Bonchev–Trinajstić information content (AvgIpc) is 2.46. The summed E-state index contributed by atoms with van der Waals surface area (Å²) in [6.45, 7) is 2.19. The molecular weight excluding hydrogens is 258 g/mol. The Morgan fingerprint density at radius 2 is 1.90 bits per heavy atom. The molecule has 0 bridgehead atoms. The largest absolute Gasteiger partial charge is 0.482 e. The highest BCUT2D eigenvalue weighted by Gasteiger charge is 2.15. The first-order valence-electron chi connectivity index (χ1n) is 6.02. The number of aldehydes is 1. The van der Waals surface area contributed by atoms with E-state index in [0.717, 1.165) is 11.1 Å². The van der Waals surface area contributed by atoms with Gasteiger partial charge in [-0.3, -0.25) is 14.9 Å². The molecule has 2 aromatic rings. The van der Waals surface area contributed by atoms with Crippen LogP contribution in [0.1, 0.15) is 21.5 Å². The Labute approximate surface area is 116 Å². The number of carbonyl (C=O) groups is 1. The Morgan fingerprint density at radius 1 is 1.20 bits per heavy atom. The van der Waals surface area contributed by atoms with Crippen LogP contribution in [0.3, 0.4) is 0 Å². The predicted octanol–water partition coefficient (Wildman–Crippen LogP) is 3.29. The molecule has 0 fully saturated rings. The molecule has 0 aliphatic carbocycles. The molecule has 0 aromatic heterocycles. The van der Waals surface area contributed by atoms with E-state index in [1.165, 1.54) is 18.2 Å². The standard InChI is InChI=1S/C15H13NO4/c1-11-2-4-12(5-3-11)10-20-15-8-13(9-17)6-7-14(15)16(18)19/h2-9H,10H2,1H3. The van der Waals surface area contributed by atoms with Gasteiger partial charge in [-0.1, -0.05) is 29.8 Å². The number of benzene rings is 2. The van der Waals surface area contributed by atoms with E-state index in [4.69, 9.17) is 4.74 Å². The van der Waals surface area contributed by atoms with Crippen molar-refractivity contribution in [3.8, 4) is 5.75 Å². The third kappa shape index (κ3) is 3.20. The van der Waals surface area contributed by atoms with Crippen molar-refractivity contribution in [2.45, 2.75) is 13.5 Å². The summed E-state index contributed by atoms with van der Waals surface area (Å²) in [5, 5.41) is 10.9. The van der Waals surface area contributed by atoms with Gasteiger partial charge in [0.25, 0.3) is 0 Å². The summed E-state index contributed by atoms with van der Waals surface area (Å²) >= 11 is 0. The molecule has 0 radical (unpaired) electrons. The molecule has 2 rings (SSSR count). The van der Waals surface area contributed by atoms with E-state index in [-0.39, 0.29) is 18.0 Å². The van der Waals surface area contributed by atoms with Crippen molar-refractivity contribution < 1.29 is 14.5 Å². The number of nitrogens with zero attached hydrogens (tertiary/aromatic N) is 1. The minimum atomic E-state index is -0.529. The van der Waals surface area contributed by atoms with Crippen LogP contribution in [0.5, 0.6) is 5.75 Å². The van der Waals surface area contributed by atoms with Gasteiger partial charge in [-0.2, -0.15) is 0 Å². The van der Waals surface area contributed by atoms with Crippen LogP contribution in [-0.2, 0) is 6.61 Å². The molecule has 0 amide bonds. The molecule has 0 N–H and O–H groups in total. The van der Waals surface area contributed by atoms with Gasteiger partial charge in [0.1, 0.15) is 12.9 Å². The third-order valence-electron chi connectivity index (χ3n) is 2.83. The second-order valence-electron chi connectivity index (χ2n) is 4.38. The maximum absolute atomic E-state index is 10.9. The van der Waals surface area contributed by atoms with Gasteiger partial charge in [0.05, 0.1) is 4.92 Å². The van der Waals surface area contributed by atoms with Gasteiger partial charge in [-0.15, -0.1) is 0 Å². The molecular formula is C15H13NO4. The maximum atomic E-state index is 10.9. The smallest absolute Gasteiger partial charge is 0.310 e. The van der Waals surface area contributed by atoms with E-state index in [0.29, 0.717) is 11.8 Å². The highest BCUT2D eigenvalue weighted by atomic mass is 16.6. The zero-order valence-corrected chi connectivity index (χ0v) is 10.9. The highest BCUT2D eigenvalue weighted by Crippen LogP contribution is 2.28. The second kappa shape index (κ2) is 5.97. The zero-order valence-electron chi connectivity index (χ0n) is 10.9. The van der Waals surface area contributed by atoms with E-state index < -0.39 is 4.92 Å². The predicted molar refractivity (Wildman–Crippen MR) is 74.0 cm³/mol. The van der Waals surface area contributed by atoms with Gasteiger partial charge in [-0.25, -0.2) is 0 Å². The Kier molecular flexibility index (Phi) is 4.10. The highest BCUT2D eigenvalue weighted by molar-refractivity contribution is 5.76. The molecule has 102 valence electrons. The molecule has 0 spiro atoms. The summed E-state index contributed by atoms with van der Waals surface area (Å²) in [6, 6.07) is 11.7. The fraction of sp³-hybridized carbons (Fsp3) is 0.133. The van der Waals surface area contributed by atoms with Crippen LogP contribution in [0.15, 0.2) is 42.5 Å². The molecule has 0 heterocycles. The number of hydrogen-bond acceptors (Lipinski definition) is 4. The lowest BCUT2D eigenvalue weighted by Gasteiger charge is -2.07. The molecule has 0 aliphatic heterocycles. The van der Waals surface area contributed by atoms with Crippen LogP contribution in [0.4, 0.5) is 5.69 Å². The number of hydrogen-bond donors (Lipinski definition) is 0. The average molecular weight is 271 g/mol.